The average Bonchev–Trinajstić information content (AvgIpc) is 2.72. The minimum Gasteiger partial charge on any atom is -0.482 e. The van der Waals surface area contributed by atoms with Gasteiger partial charge in [0.05, 0.1) is 34.8 Å². The molecule has 0 radical (unpaired) electrons. The molecule has 7 nitrogen and oxygen atoms in total. The fourth-order valence-electron chi connectivity index (χ4n) is 2.76. The molecule has 0 saturated carbocycles. The summed E-state index contributed by atoms with van der Waals surface area (Å²) in [6, 6.07) is 9.70. The van der Waals surface area contributed by atoms with E-state index < -0.39 is 0 Å². The van der Waals surface area contributed by atoms with E-state index in [1.807, 2.05) is 4.90 Å². The van der Waals surface area contributed by atoms with Crippen LogP contribution in [0, 0.1) is 0 Å². The third-order valence-corrected chi connectivity index (χ3v) is 5.27. The van der Waals surface area contributed by atoms with Crippen molar-refractivity contribution in [3.63, 3.8) is 0 Å². The van der Waals surface area contributed by atoms with E-state index in [1.54, 1.807) is 24.3 Å². The SMILES string of the molecule is O=C(COc1cc(Cl)c(Cl)cc1Cl)Nc1ccc(NC(=O)CN2CCOCC2)cc1. The maximum absolute atomic E-state index is 12.1. The summed E-state index contributed by atoms with van der Waals surface area (Å²) in [5, 5.41) is 6.38. The van der Waals surface area contributed by atoms with Crippen LogP contribution in [0.15, 0.2) is 36.4 Å². The molecule has 0 aliphatic carbocycles. The molecule has 160 valence electrons. The lowest BCUT2D eigenvalue weighted by atomic mass is 10.2. The molecule has 3 rings (SSSR count). The molecule has 1 aliphatic heterocycles. The predicted octanol–water partition coefficient (Wildman–Crippen LogP) is 3.94. The largest absolute Gasteiger partial charge is 0.482 e. The number of carbonyl (C=O) groups is 2. The van der Waals surface area contributed by atoms with Crippen molar-refractivity contribution in [2.75, 3.05) is 50.1 Å². The predicted molar refractivity (Wildman–Crippen MR) is 118 cm³/mol. The Hall–Kier alpha value is -2.03. The van der Waals surface area contributed by atoms with Crippen LogP contribution in [0.25, 0.3) is 0 Å². The molecule has 1 aliphatic rings. The van der Waals surface area contributed by atoms with Gasteiger partial charge in [0.15, 0.2) is 6.61 Å². The molecule has 2 aromatic carbocycles. The highest BCUT2D eigenvalue weighted by atomic mass is 35.5. The summed E-state index contributed by atoms with van der Waals surface area (Å²) in [5.74, 6) is -0.207. The number of hydrogen-bond donors (Lipinski definition) is 2. The van der Waals surface area contributed by atoms with Crippen molar-refractivity contribution < 1.29 is 19.1 Å². The summed E-state index contributed by atoms with van der Waals surface area (Å²) >= 11 is 17.8. The minimum absolute atomic E-state index is 0.0967. The van der Waals surface area contributed by atoms with Crippen LogP contribution < -0.4 is 15.4 Å². The number of nitrogens with one attached hydrogen (secondary N) is 2. The lowest BCUT2D eigenvalue weighted by Crippen LogP contribution is -2.41. The summed E-state index contributed by atoms with van der Waals surface area (Å²) in [7, 11) is 0. The fourth-order valence-corrected chi connectivity index (χ4v) is 3.35. The van der Waals surface area contributed by atoms with E-state index >= 15 is 0 Å². The van der Waals surface area contributed by atoms with Crippen LogP contribution in [-0.4, -0.2) is 56.2 Å². The smallest absolute Gasteiger partial charge is 0.262 e. The summed E-state index contributed by atoms with van der Waals surface area (Å²) in [4.78, 5) is 26.3. The Labute approximate surface area is 189 Å². The molecule has 2 N–H and O–H groups in total. The zero-order valence-electron chi connectivity index (χ0n) is 15.9. The van der Waals surface area contributed by atoms with Crippen LogP contribution >= 0.6 is 34.8 Å². The third-order valence-electron chi connectivity index (χ3n) is 4.26. The Morgan fingerprint density at radius 1 is 0.900 bits per heavy atom. The summed E-state index contributed by atoms with van der Waals surface area (Å²) in [5.41, 5.74) is 1.21. The lowest BCUT2D eigenvalue weighted by Gasteiger charge is -2.25. The Balaban J connectivity index is 1.46. The summed E-state index contributed by atoms with van der Waals surface area (Å²) in [6.45, 7) is 2.83. The molecule has 10 heteroatoms. The molecule has 2 amide bonds. The van der Waals surface area contributed by atoms with E-state index in [1.165, 1.54) is 12.1 Å². The Bertz CT molecular complexity index is 903. The number of hydrogen-bond acceptors (Lipinski definition) is 5. The van der Waals surface area contributed by atoms with Crippen LogP contribution in [-0.2, 0) is 14.3 Å². The standard InChI is InChI=1S/C20H20Cl3N3O4/c21-15-9-17(23)18(10-16(15)22)30-12-20(28)25-14-3-1-13(2-4-14)24-19(27)11-26-5-7-29-8-6-26/h1-4,9-10H,5-8,11-12H2,(H,24,27)(H,25,28). The first-order chi connectivity index (χ1) is 14.4. The van der Waals surface area contributed by atoms with Crippen molar-refractivity contribution in [2.45, 2.75) is 0 Å². The van der Waals surface area contributed by atoms with Crippen molar-refractivity contribution in [1.29, 1.82) is 0 Å². The van der Waals surface area contributed by atoms with E-state index in [0.717, 1.165) is 13.1 Å². The van der Waals surface area contributed by atoms with Gasteiger partial charge in [-0.05, 0) is 30.3 Å². The van der Waals surface area contributed by atoms with E-state index in [9.17, 15) is 9.59 Å². The van der Waals surface area contributed by atoms with Crippen LogP contribution in [0.2, 0.25) is 15.1 Å². The van der Waals surface area contributed by atoms with Crippen molar-refractivity contribution in [1.82, 2.24) is 4.90 Å². The van der Waals surface area contributed by atoms with Gasteiger partial charge in [0.2, 0.25) is 5.91 Å². The minimum atomic E-state index is -0.374. The fraction of sp³-hybridized carbons (Fsp3) is 0.300. The second-order valence-electron chi connectivity index (χ2n) is 6.55. The second kappa shape index (κ2) is 10.8. The molecule has 2 aromatic rings. The van der Waals surface area contributed by atoms with E-state index in [4.69, 9.17) is 44.3 Å². The van der Waals surface area contributed by atoms with Gasteiger partial charge >= 0.3 is 0 Å². The first-order valence-corrected chi connectivity index (χ1v) is 10.3. The first-order valence-electron chi connectivity index (χ1n) is 9.18. The van der Waals surface area contributed by atoms with Gasteiger partial charge < -0.3 is 20.1 Å². The van der Waals surface area contributed by atoms with Gasteiger partial charge in [0.1, 0.15) is 5.75 Å². The van der Waals surface area contributed by atoms with E-state index in [-0.39, 0.29) is 34.2 Å². The number of anilines is 2. The summed E-state index contributed by atoms with van der Waals surface area (Å²) < 4.78 is 10.7. The maximum Gasteiger partial charge on any atom is 0.262 e. The number of halogens is 3. The molecule has 0 bridgehead atoms. The number of benzene rings is 2. The average molecular weight is 473 g/mol. The van der Waals surface area contributed by atoms with Crippen LogP contribution in [0.3, 0.4) is 0 Å². The van der Waals surface area contributed by atoms with Crippen molar-refractivity contribution >= 4 is 58.0 Å². The molecule has 0 atom stereocenters. The molecule has 0 unspecified atom stereocenters. The van der Waals surface area contributed by atoms with E-state index in [0.29, 0.717) is 36.2 Å². The molecular formula is C20H20Cl3N3O4. The molecular weight excluding hydrogens is 453 g/mol. The topological polar surface area (TPSA) is 79.9 Å². The lowest BCUT2D eigenvalue weighted by molar-refractivity contribution is -0.119. The number of amides is 2. The van der Waals surface area contributed by atoms with Gasteiger partial charge in [0.25, 0.3) is 5.91 Å². The maximum atomic E-state index is 12.1. The summed E-state index contributed by atoms with van der Waals surface area (Å²) in [6.07, 6.45) is 0. The molecule has 1 fully saturated rings. The number of carbonyl (C=O) groups excluding carboxylic acids is 2. The highest BCUT2D eigenvalue weighted by molar-refractivity contribution is 6.43. The normalized spacial score (nSPS) is 14.2. The Morgan fingerprint density at radius 3 is 2.10 bits per heavy atom. The van der Waals surface area contributed by atoms with E-state index in [2.05, 4.69) is 10.6 Å². The molecule has 1 heterocycles. The molecule has 0 aromatic heterocycles. The number of ether oxygens (including phenoxy) is 2. The molecule has 0 spiro atoms. The highest BCUT2D eigenvalue weighted by Crippen LogP contribution is 2.33. The van der Waals surface area contributed by atoms with Crippen LogP contribution in [0.1, 0.15) is 0 Å². The van der Waals surface area contributed by atoms with Crippen LogP contribution in [0.5, 0.6) is 5.75 Å². The third kappa shape index (κ3) is 6.75. The molecule has 1 saturated heterocycles. The Kier molecular flexibility index (Phi) is 8.18. The highest BCUT2D eigenvalue weighted by Gasteiger charge is 2.14. The quantitative estimate of drug-likeness (QED) is 0.597. The van der Waals surface area contributed by atoms with Crippen molar-refractivity contribution in [2.24, 2.45) is 0 Å². The van der Waals surface area contributed by atoms with Gasteiger partial charge in [-0.15, -0.1) is 0 Å². The van der Waals surface area contributed by atoms with Crippen molar-refractivity contribution in [3.8, 4) is 5.75 Å². The van der Waals surface area contributed by atoms with Gasteiger partial charge in [-0.3, -0.25) is 14.5 Å². The second-order valence-corrected chi connectivity index (χ2v) is 7.77. The first kappa shape index (κ1) is 22.7. The number of nitrogens with zero attached hydrogens (tertiary/aromatic N) is 1. The van der Waals surface area contributed by atoms with Gasteiger partial charge in [-0.1, -0.05) is 34.8 Å². The Morgan fingerprint density at radius 2 is 1.47 bits per heavy atom. The van der Waals surface area contributed by atoms with Gasteiger partial charge in [0, 0.05) is 30.5 Å². The zero-order valence-corrected chi connectivity index (χ0v) is 18.2. The van der Waals surface area contributed by atoms with Crippen LogP contribution in [0.4, 0.5) is 11.4 Å². The number of morpholine rings is 1. The van der Waals surface area contributed by atoms with Crippen molar-refractivity contribution in [3.05, 3.63) is 51.5 Å². The number of rotatable bonds is 7. The zero-order chi connectivity index (χ0) is 21.5. The van der Waals surface area contributed by atoms with Gasteiger partial charge in [-0.2, -0.15) is 0 Å². The van der Waals surface area contributed by atoms with Gasteiger partial charge in [-0.25, -0.2) is 0 Å². The molecule has 30 heavy (non-hydrogen) atoms. The monoisotopic (exact) mass is 471 g/mol.